The predicted molar refractivity (Wildman–Crippen MR) is 171 cm³/mol. The highest BCUT2D eigenvalue weighted by molar-refractivity contribution is 6.32. The summed E-state index contributed by atoms with van der Waals surface area (Å²) in [5.41, 5.74) is 4.48. The van der Waals surface area contributed by atoms with Gasteiger partial charge in [0.25, 0.3) is 0 Å². The molecule has 3 aromatic carbocycles. The van der Waals surface area contributed by atoms with Gasteiger partial charge in [-0.25, -0.2) is 0 Å². The van der Waals surface area contributed by atoms with Crippen molar-refractivity contribution in [3.63, 3.8) is 0 Å². The maximum atomic E-state index is 11.5. The van der Waals surface area contributed by atoms with Crippen molar-refractivity contribution in [1.29, 1.82) is 0 Å². The number of hydrogen-bond acceptors (Lipinski definition) is 8. The maximum absolute atomic E-state index is 11.5. The highest BCUT2D eigenvalue weighted by atomic mass is 35.5. The summed E-state index contributed by atoms with van der Waals surface area (Å²) in [6.45, 7) is 8.61. The van der Waals surface area contributed by atoms with Crippen LogP contribution in [0.25, 0.3) is 11.1 Å². The third-order valence-corrected chi connectivity index (χ3v) is 8.61. The molecule has 4 rings (SSSR count). The number of methoxy groups -OCH3 is 1. The Hall–Kier alpha value is -3.34. The van der Waals surface area contributed by atoms with Crippen LogP contribution < -0.4 is 19.5 Å². The van der Waals surface area contributed by atoms with E-state index in [1.54, 1.807) is 12.1 Å². The van der Waals surface area contributed by atoms with Gasteiger partial charge >= 0.3 is 5.97 Å². The van der Waals surface area contributed by atoms with Gasteiger partial charge in [0.1, 0.15) is 29.4 Å². The van der Waals surface area contributed by atoms with E-state index in [2.05, 4.69) is 36.2 Å². The fraction of sp³-hybridized carbons (Fsp3) is 0.441. The summed E-state index contributed by atoms with van der Waals surface area (Å²) in [6, 6.07) is 15.6. The monoisotopic (exact) mass is 626 g/mol. The highest BCUT2D eigenvalue weighted by Crippen LogP contribution is 2.36. The number of β-amino-alcohol motifs (C(OH)–C–C–N with tert-alkyl or cyclic N) is 1. The van der Waals surface area contributed by atoms with E-state index in [4.69, 9.17) is 25.8 Å². The van der Waals surface area contributed by atoms with Crippen molar-refractivity contribution in [2.75, 3.05) is 40.0 Å². The fourth-order valence-corrected chi connectivity index (χ4v) is 5.58. The van der Waals surface area contributed by atoms with E-state index in [0.717, 1.165) is 66.0 Å². The van der Waals surface area contributed by atoms with Crippen molar-refractivity contribution in [3.8, 4) is 28.4 Å². The lowest BCUT2D eigenvalue weighted by atomic mass is 9.93. The number of carboxylic acid groups (broad SMARTS) is 1. The summed E-state index contributed by atoms with van der Waals surface area (Å²) >= 11 is 6.57. The lowest BCUT2D eigenvalue weighted by Crippen LogP contribution is -2.52. The maximum Gasteiger partial charge on any atom is 0.326 e. The van der Waals surface area contributed by atoms with Crippen LogP contribution in [-0.2, 0) is 17.9 Å². The van der Waals surface area contributed by atoms with Crippen molar-refractivity contribution in [3.05, 3.63) is 75.8 Å². The summed E-state index contributed by atoms with van der Waals surface area (Å²) in [5, 5.41) is 31.9. The molecule has 0 amide bonds. The molecule has 2 atom stereocenters. The van der Waals surface area contributed by atoms with E-state index in [9.17, 15) is 20.1 Å². The van der Waals surface area contributed by atoms with Gasteiger partial charge in [0.2, 0.25) is 0 Å². The van der Waals surface area contributed by atoms with Crippen molar-refractivity contribution >= 4 is 17.6 Å². The molecule has 1 heterocycles. The SMILES string of the molecule is COc1cc(OCc2cccc(-c3cccc(OCCCN4CC[C@@H](O)C4)c3C)c2C)c(Cl)cc1CN[C@@](C)(CO)C(=O)O. The summed E-state index contributed by atoms with van der Waals surface area (Å²) < 4.78 is 17.9. The van der Waals surface area contributed by atoms with Gasteiger partial charge in [-0.2, -0.15) is 0 Å². The Bertz CT molecular complexity index is 1450. The van der Waals surface area contributed by atoms with E-state index >= 15 is 0 Å². The van der Waals surface area contributed by atoms with E-state index in [0.29, 0.717) is 28.7 Å². The average Bonchev–Trinajstić information content (AvgIpc) is 3.43. The number of nitrogens with zero attached hydrogens (tertiary/aromatic N) is 1. The van der Waals surface area contributed by atoms with Crippen molar-refractivity contribution in [1.82, 2.24) is 10.2 Å². The summed E-state index contributed by atoms with van der Waals surface area (Å²) in [6.07, 6.45) is 1.54. The van der Waals surface area contributed by atoms with E-state index < -0.39 is 18.1 Å². The minimum absolute atomic E-state index is 0.123. The zero-order valence-electron chi connectivity index (χ0n) is 25.9. The van der Waals surface area contributed by atoms with Gasteiger partial charge in [0.05, 0.1) is 31.5 Å². The van der Waals surface area contributed by atoms with Crippen LogP contribution in [0.5, 0.6) is 17.2 Å². The Morgan fingerprint density at radius 2 is 1.77 bits per heavy atom. The van der Waals surface area contributed by atoms with Gasteiger partial charge in [0.15, 0.2) is 0 Å². The molecule has 0 radical (unpaired) electrons. The molecule has 0 aromatic heterocycles. The smallest absolute Gasteiger partial charge is 0.326 e. The standard InChI is InChI=1S/C34H43ClN2O7/c1-22-24(20-44-32-17-31(42-4)25(16-29(32)35)18-36-34(3,21-38)33(40)41)8-5-9-27(22)28-10-6-11-30(23(28)2)43-15-7-13-37-14-12-26(39)19-37/h5-6,8-11,16-17,26,36,38-39H,7,12-15,18-21H2,1-4H3,(H,40,41)/t26-,34+/m1/s1. The van der Waals surface area contributed by atoms with Crippen LogP contribution in [0.4, 0.5) is 0 Å². The van der Waals surface area contributed by atoms with Crippen molar-refractivity contribution in [2.24, 2.45) is 0 Å². The summed E-state index contributed by atoms with van der Waals surface area (Å²) in [4.78, 5) is 13.8. The highest BCUT2D eigenvalue weighted by Gasteiger charge is 2.32. The normalized spacial score (nSPS) is 16.5. The third kappa shape index (κ3) is 8.02. The molecule has 44 heavy (non-hydrogen) atoms. The number of ether oxygens (including phenoxy) is 3. The van der Waals surface area contributed by atoms with Gasteiger partial charge in [-0.15, -0.1) is 0 Å². The van der Waals surface area contributed by atoms with Crippen LogP contribution in [0.3, 0.4) is 0 Å². The molecule has 1 fully saturated rings. The second-order valence-corrected chi connectivity index (χ2v) is 11.9. The van der Waals surface area contributed by atoms with Gasteiger partial charge in [-0.05, 0) is 73.6 Å². The number of aliphatic hydroxyl groups is 2. The molecular formula is C34H43ClN2O7. The number of aliphatic carboxylic acids is 1. The zero-order valence-corrected chi connectivity index (χ0v) is 26.6. The number of carbonyl (C=O) groups is 1. The quantitative estimate of drug-likeness (QED) is 0.173. The largest absolute Gasteiger partial charge is 0.496 e. The molecule has 238 valence electrons. The van der Waals surface area contributed by atoms with Crippen LogP contribution in [0, 0.1) is 13.8 Å². The number of nitrogens with one attached hydrogen (secondary N) is 1. The molecule has 1 aliphatic heterocycles. The van der Waals surface area contributed by atoms with Crippen LogP contribution in [-0.4, -0.2) is 77.8 Å². The van der Waals surface area contributed by atoms with E-state index in [-0.39, 0.29) is 19.3 Å². The molecule has 0 spiro atoms. The Kier molecular flexibility index (Phi) is 11.5. The molecule has 0 bridgehead atoms. The lowest BCUT2D eigenvalue weighted by molar-refractivity contribution is -0.145. The van der Waals surface area contributed by atoms with Gasteiger partial charge in [0, 0.05) is 37.8 Å². The second kappa shape index (κ2) is 15.1. The van der Waals surface area contributed by atoms with Crippen molar-refractivity contribution in [2.45, 2.75) is 58.4 Å². The van der Waals surface area contributed by atoms with Crippen LogP contribution in [0.1, 0.15) is 42.0 Å². The number of benzene rings is 3. The van der Waals surface area contributed by atoms with Gasteiger partial charge in [-0.1, -0.05) is 41.9 Å². The van der Waals surface area contributed by atoms with Gasteiger partial charge in [-0.3, -0.25) is 10.1 Å². The van der Waals surface area contributed by atoms with Crippen LogP contribution in [0.15, 0.2) is 48.5 Å². The molecule has 10 heteroatoms. The Balaban J connectivity index is 1.43. The second-order valence-electron chi connectivity index (χ2n) is 11.5. The fourth-order valence-electron chi connectivity index (χ4n) is 5.34. The summed E-state index contributed by atoms with van der Waals surface area (Å²) in [5.74, 6) is 0.627. The number of rotatable bonds is 15. The first-order chi connectivity index (χ1) is 21.1. The molecule has 1 saturated heterocycles. The molecule has 0 aliphatic carbocycles. The predicted octanol–water partition coefficient (Wildman–Crippen LogP) is 4.97. The first-order valence-electron chi connectivity index (χ1n) is 14.9. The molecule has 0 unspecified atom stereocenters. The van der Waals surface area contributed by atoms with Gasteiger partial charge < -0.3 is 34.4 Å². The molecule has 9 nitrogen and oxygen atoms in total. The summed E-state index contributed by atoms with van der Waals surface area (Å²) in [7, 11) is 1.52. The third-order valence-electron chi connectivity index (χ3n) is 8.32. The Morgan fingerprint density at radius 1 is 1.05 bits per heavy atom. The molecular weight excluding hydrogens is 584 g/mol. The Labute approximate surface area is 264 Å². The number of aliphatic hydroxyl groups excluding tert-OH is 2. The number of carboxylic acids is 1. The van der Waals surface area contributed by atoms with E-state index in [1.807, 2.05) is 24.3 Å². The zero-order chi connectivity index (χ0) is 31.9. The minimum atomic E-state index is -1.50. The Morgan fingerprint density at radius 3 is 2.43 bits per heavy atom. The molecule has 0 saturated carbocycles. The van der Waals surface area contributed by atoms with E-state index in [1.165, 1.54) is 14.0 Å². The average molecular weight is 627 g/mol. The lowest BCUT2D eigenvalue weighted by Gasteiger charge is -2.24. The first-order valence-corrected chi connectivity index (χ1v) is 15.2. The molecule has 1 aliphatic rings. The van der Waals surface area contributed by atoms with Crippen molar-refractivity contribution < 1.29 is 34.3 Å². The number of hydrogen-bond donors (Lipinski definition) is 4. The topological polar surface area (TPSA) is 121 Å². The minimum Gasteiger partial charge on any atom is -0.496 e. The molecule has 3 aromatic rings. The number of likely N-dealkylation sites (tertiary alicyclic amines) is 1. The molecule has 4 N–H and O–H groups in total. The van der Waals surface area contributed by atoms with Crippen LogP contribution >= 0.6 is 11.6 Å². The van der Waals surface area contributed by atoms with Crippen LogP contribution in [0.2, 0.25) is 5.02 Å². The first kappa shape index (κ1) is 33.6. The number of halogens is 1.